The molecule has 0 radical (unpaired) electrons. The summed E-state index contributed by atoms with van der Waals surface area (Å²) < 4.78 is 5.39. The topological polar surface area (TPSA) is 25.2 Å². The number of rotatable bonds is 4. The van der Waals surface area contributed by atoms with Crippen LogP contribution in [0.4, 0.5) is 0 Å². The Morgan fingerprint density at radius 2 is 2.18 bits per heavy atom. The summed E-state index contributed by atoms with van der Waals surface area (Å²) in [5.41, 5.74) is 3.01. The number of furan rings is 1. The van der Waals surface area contributed by atoms with Crippen LogP contribution >= 0.6 is 0 Å². The van der Waals surface area contributed by atoms with Gasteiger partial charge in [0.2, 0.25) is 0 Å². The van der Waals surface area contributed by atoms with Crippen molar-refractivity contribution in [2.45, 2.75) is 25.3 Å². The van der Waals surface area contributed by atoms with Gasteiger partial charge in [-0.2, -0.15) is 0 Å². The van der Waals surface area contributed by atoms with Crippen LogP contribution in [0, 0.1) is 0 Å². The zero-order valence-corrected chi connectivity index (χ0v) is 10.0. The van der Waals surface area contributed by atoms with E-state index >= 15 is 0 Å². The van der Waals surface area contributed by atoms with E-state index in [9.17, 15) is 0 Å². The Morgan fingerprint density at radius 3 is 2.94 bits per heavy atom. The standard InChI is InChI=1S/C15H17NO/c1-11(15-7-4-8-17-15)16-10-13-9-12-5-2-3-6-14(12)13/h2-8,11,13,16H,9-10H2,1H3/t11-,13?/m0/s1. The molecule has 0 saturated carbocycles. The van der Waals surface area contributed by atoms with Gasteiger partial charge in [0.1, 0.15) is 5.76 Å². The molecule has 1 unspecified atom stereocenters. The molecule has 3 rings (SSSR count). The van der Waals surface area contributed by atoms with E-state index < -0.39 is 0 Å². The Morgan fingerprint density at radius 1 is 1.29 bits per heavy atom. The van der Waals surface area contributed by atoms with Gasteiger partial charge in [-0.25, -0.2) is 0 Å². The van der Waals surface area contributed by atoms with Gasteiger partial charge in [0.15, 0.2) is 0 Å². The SMILES string of the molecule is C[C@H](NCC1Cc2ccccc21)c1ccco1. The molecule has 0 spiro atoms. The smallest absolute Gasteiger partial charge is 0.120 e. The van der Waals surface area contributed by atoms with Crippen molar-refractivity contribution in [3.63, 3.8) is 0 Å². The second-order valence-electron chi connectivity index (χ2n) is 4.75. The molecule has 1 aromatic carbocycles. The molecular formula is C15H17NO. The molecule has 2 nitrogen and oxygen atoms in total. The normalized spacial score (nSPS) is 19.5. The predicted octanol–water partition coefficient (Wildman–Crippen LogP) is 3.27. The highest BCUT2D eigenvalue weighted by Gasteiger charge is 2.25. The Kier molecular flexibility index (Phi) is 2.73. The molecule has 17 heavy (non-hydrogen) atoms. The van der Waals surface area contributed by atoms with Crippen LogP contribution in [0.15, 0.2) is 47.1 Å². The molecule has 0 saturated heterocycles. The summed E-state index contributed by atoms with van der Waals surface area (Å²) in [4.78, 5) is 0. The van der Waals surface area contributed by atoms with Crippen molar-refractivity contribution in [1.82, 2.24) is 5.32 Å². The molecular weight excluding hydrogens is 210 g/mol. The minimum atomic E-state index is 0.290. The molecule has 2 aromatic rings. The molecule has 1 aliphatic rings. The van der Waals surface area contributed by atoms with E-state index in [1.165, 1.54) is 17.5 Å². The third-order valence-corrected chi connectivity index (χ3v) is 3.60. The first-order valence-electron chi connectivity index (χ1n) is 6.19. The maximum Gasteiger partial charge on any atom is 0.120 e. The van der Waals surface area contributed by atoms with Crippen molar-refractivity contribution in [1.29, 1.82) is 0 Å². The minimum Gasteiger partial charge on any atom is -0.468 e. The van der Waals surface area contributed by atoms with Crippen molar-refractivity contribution >= 4 is 0 Å². The molecule has 1 N–H and O–H groups in total. The van der Waals surface area contributed by atoms with Crippen molar-refractivity contribution in [2.75, 3.05) is 6.54 Å². The summed E-state index contributed by atoms with van der Waals surface area (Å²) >= 11 is 0. The summed E-state index contributed by atoms with van der Waals surface area (Å²) in [6.07, 6.45) is 2.93. The van der Waals surface area contributed by atoms with E-state index in [0.29, 0.717) is 5.92 Å². The van der Waals surface area contributed by atoms with Gasteiger partial charge in [-0.1, -0.05) is 24.3 Å². The van der Waals surface area contributed by atoms with Gasteiger partial charge in [0.25, 0.3) is 0 Å². The van der Waals surface area contributed by atoms with E-state index in [0.717, 1.165) is 12.3 Å². The molecule has 0 aliphatic heterocycles. The van der Waals surface area contributed by atoms with Gasteiger partial charge < -0.3 is 9.73 Å². The van der Waals surface area contributed by atoms with E-state index in [4.69, 9.17) is 4.42 Å². The molecule has 1 heterocycles. The summed E-state index contributed by atoms with van der Waals surface area (Å²) in [6, 6.07) is 13.0. The monoisotopic (exact) mass is 227 g/mol. The third-order valence-electron chi connectivity index (χ3n) is 3.60. The van der Waals surface area contributed by atoms with Crippen molar-refractivity contribution in [3.05, 3.63) is 59.5 Å². The summed E-state index contributed by atoms with van der Waals surface area (Å²) in [5, 5.41) is 3.53. The zero-order chi connectivity index (χ0) is 11.7. The molecule has 0 fully saturated rings. The highest BCUT2D eigenvalue weighted by atomic mass is 16.3. The molecule has 1 aromatic heterocycles. The highest BCUT2D eigenvalue weighted by molar-refractivity contribution is 5.40. The quantitative estimate of drug-likeness (QED) is 0.867. The van der Waals surface area contributed by atoms with E-state index in [-0.39, 0.29) is 6.04 Å². The van der Waals surface area contributed by atoms with Crippen LogP contribution in [0.3, 0.4) is 0 Å². The van der Waals surface area contributed by atoms with Crippen molar-refractivity contribution in [3.8, 4) is 0 Å². The van der Waals surface area contributed by atoms with Crippen molar-refractivity contribution < 1.29 is 4.42 Å². The van der Waals surface area contributed by atoms with Crippen LogP contribution < -0.4 is 5.32 Å². The summed E-state index contributed by atoms with van der Waals surface area (Å²) in [6.45, 7) is 3.17. The van der Waals surface area contributed by atoms with Crippen LogP contribution in [0.2, 0.25) is 0 Å². The average molecular weight is 227 g/mol. The van der Waals surface area contributed by atoms with E-state index in [2.05, 4.69) is 36.5 Å². The number of benzene rings is 1. The molecule has 2 atom stereocenters. The highest BCUT2D eigenvalue weighted by Crippen LogP contribution is 2.34. The lowest BCUT2D eigenvalue weighted by Gasteiger charge is -2.31. The first-order valence-corrected chi connectivity index (χ1v) is 6.19. The lowest BCUT2D eigenvalue weighted by molar-refractivity contribution is 0.411. The second-order valence-corrected chi connectivity index (χ2v) is 4.75. The first kappa shape index (κ1) is 10.6. The van der Waals surface area contributed by atoms with E-state index in [1.54, 1.807) is 6.26 Å². The van der Waals surface area contributed by atoms with Gasteiger partial charge in [-0.05, 0) is 36.6 Å². The zero-order valence-electron chi connectivity index (χ0n) is 10.0. The number of nitrogens with one attached hydrogen (secondary N) is 1. The number of hydrogen-bond donors (Lipinski definition) is 1. The lowest BCUT2D eigenvalue weighted by Crippen LogP contribution is -2.30. The van der Waals surface area contributed by atoms with Crippen LogP contribution in [-0.2, 0) is 6.42 Å². The van der Waals surface area contributed by atoms with Gasteiger partial charge in [0.05, 0.1) is 12.3 Å². The van der Waals surface area contributed by atoms with Gasteiger partial charge in [0, 0.05) is 12.5 Å². The molecule has 0 amide bonds. The largest absolute Gasteiger partial charge is 0.468 e. The van der Waals surface area contributed by atoms with E-state index in [1.807, 2.05) is 12.1 Å². The van der Waals surface area contributed by atoms with Crippen LogP contribution in [0.5, 0.6) is 0 Å². The Bertz CT molecular complexity index is 489. The van der Waals surface area contributed by atoms with Crippen LogP contribution in [0.25, 0.3) is 0 Å². The van der Waals surface area contributed by atoms with Crippen LogP contribution in [-0.4, -0.2) is 6.54 Å². The molecule has 88 valence electrons. The fourth-order valence-corrected chi connectivity index (χ4v) is 2.50. The Labute approximate surface area is 102 Å². The summed E-state index contributed by atoms with van der Waals surface area (Å²) in [5.74, 6) is 1.68. The molecule has 1 aliphatic carbocycles. The lowest BCUT2D eigenvalue weighted by atomic mass is 9.77. The maximum absolute atomic E-state index is 5.39. The first-order chi connectivity index (χ1) is 8.34. The molecule has 0 bridgehead atoms. The number of fused-ring (bicyclic) bond motifs is 1. The fourth-order valence-electron chi connectivity index (χ4n) is 2.50. The Hall–Kier alpha value is -1.54. The van der Waals surface area contributed by atoms with Crippen LogP contribution in [0.1, 0.15) is 35.8 Å². The number of hydrogen-bond acceptors (Lipinski definition) is 2. The average Bonchev–Trinajstić information content (AvgIpc) is 2.83. The molecule has 2 heteroatoms. The summed E-state index contributed by atoms with van der Waals surface area (Å²) in [7, 11) is 0. The third kappa shape index (κ3) is 2.01. The predicted molar refractivity (Wildman–Crippen MR) is 68.0 cm³/mol. The second kappa shape index (κ2) is 4.38. The van der Waals surface area contributed by atoms with Gasteiger partial charge >= 0.3 is 0 Å². The Balaban J connectivity index is 1.57. The van der Waals surface area contributed by atoms with Crippen molar-refractivity contribution in [2.24, 2.45) is 0 Å². The fraction of sp³-hybridized carbons (Fsp3) is 0.333. The maximum atomic E-state index is 5.39. The van der Waals surface area contributed by atoms with Gasteiger partial charge in [-0.15, -0.1) is 0 Å². The van der Waals surface area contributed by atoms with Gasteiger partial charge in [-0.3, -0.25) is 0 Å². The minimum absolute atomic E-state index is 0.290.